The molecule has 2 fully saturated rings. The molecule has 1 heterocycles. The second kappa shape index (κ2) is 8.30. The van der Waals surface area contributed by atoms with Crippen molar-refractivity contribution in [1.29, 1.82) is 0 Å². The quantitative estimate of drug-likeness (QED) is 0.492. The maximum absolute atomic E-state index is 12.8. The molecule has 5 nitrogen and oxygen atoms in total. The van der Waals surface area contributed by atoms with Gasteiger partial charge in [0.15, 0.2) is 0 Å². The van der Waals surface area contributed by atoms with E-state index in [1.54, 1.807) is 7.11 Å². The van der Waals surface area contributed by atoms with Crippen LogP contribution in [0, 0.1) is 17.3 Å². The molecule has 0 saturated heterocycles. The SMILES string of the molecule is COc1ccc2c(c1)CCC1C2CCC2(C)/C(=N/NC(=O)Cc3c[nH]c4ccccc34)CCC12. The lowest BCUT2D eigenvalue weighted by Gasteiger charge is -2.49. The number of aromatic nitrogens is 1. The second-order valence-corrected chi connectivity index (χ2v) is 10.6. The van der Waals surface area contributed by atoms with Gasteiger partial charge in [-0.05, 0) is 91.2 Å². The van der Waals surface area contributed by atoms with Gasteiger partial charge in [0.1, 0.15) is 5.75 Å². The lowest BCUT2D eigenvalue weighted by Crippen LogP contribution is -2.43. The first-order valence-electron chi connectivity index (χ1n) is 12.6. The largest absolute Gasteiger partial charge is 0.497 e. The van der Waals surface area contributed by atoms with E-state index in [0.717, 1.165) is 41.5 Å². The van der Waals surface area contributed by atoms with Crippen molar-refractivity contribution in [2.45, 2.75) is 57.8 Å². The molecule has 1 aromatic heterocycles. The first-order chi connectivity index (χ1) is 16.6. The van der Waals surface area contributed by atoms with Crippen LogP contribution in [0.2, 0.25) is 0 Å². The molecule has 2 saturated carbocycles. The Morgan fingerprint density at radius 1 is 1.18 bits per heavy atom. The molecule has 0 spiro atoms. The summed E-state index contributed by atoms with van der Waals surface area (Å²) in [7, 11) is 1.75. The van der Waals surface area contributed by atoms with Gasteiger partial charge >= 0.3 is 0 Å². The highest BCUT2D eigenvalue weighted by molar-refractivity contribution is 5.94. The van der Waals surface area contributed by atoms with E-state index in [1.165, 1.54) is 36.1 Å². The number of H-pyrrole nitrogens is 1. The van der Waals surface area contributed by atoms with Crippen LogP contribution in [-0.2, 0) is 17.6 Å². The van der Waals surface area contributed by atoms with Crippen molar-refractivity contribution in [2.24, 2.45) is 22.4 Å². The van der Waals surface area contributed by atoms with Gasteiger partial charge in [0, 0.05) is 28.2 Å². The predicted octanol–water partition coefficient (Wildman–Crippen LogP) is 5.75. The summed E-state index contributed by atoms with van der Waals surface area (Å²) in [4.78, 5) is 16.0. The van der Waals surface area contributed by atoms with Crippen molar-refractivity contribution in [3.05, 3.63) is 65.4 Å². The average Bonchev–Trinajstić information content (AvgIpc) is 3.42. The van der Waals surface area contributed by atoms with Crippen molar-refractivity contribution in [1.82, 2.24) is 10.4 Å². The van der Waals surface area contributed by atoms with E-state index in [2.05, 4.69) is 41.6 Å². The number of fused-ring (bicyclic) bond motifs is 6. The van der Waals surface area contributed by atoms with Gasteiger partial charge in [-0.25, -0.2) is 5.43 Å². The third-order valence-electron chi connectivity index (χ3n) is 9.02. The highest BCUT2D eigenvalue weighted by Crippen LogP contribution is 2.59. The molecule has 6 rings (SSSR count). The minimum absolute atomic E-state index is 0.0430. The van der Waals surface area contributed by atoms with Crippen LogP contribution in [0.5, 0.6) is 5.75 Å². The summed E-state index contributed by atoms with van der Waals surface area (Å²) in [5, 5.41) is 5.84. The fourth-order valence-corrected chi connectivity index (χ4v) is 7.28. The topological polar surface area (TPSA) is 66.5 Å². The van der Waals surface area contributed by atoms with Gasteiger partial charge in [0.2, 0.25) is 5.91 Å². The van der Waals surface area contributed by atoms with Crippen molar-refractivity contribution in [3.63, 3.8) is 0 Å². The number of methoxy groups -OCH3 is 1. The molecule has 5 heteroatoms. The molecule has 3 aromatic rings. The molecule has 0 aliphatic heterocycles. The van der Waals surface area contributed by atoms with E-state index < -0.39 is 0 Å². The Bertz CT molecular complexity index is 1280. The van der Waals surface area contributed by atoms with E-state index in [-0.39, 0.29) is 11.3 Å². The van der Waals surface area contributed by atoms with Gasteiger partial charge in [-0.15, -0.1) is 0 Å². The molecule has 2 N–H and O–H groups in total. The normalized spacial score (nSPS) is 28.9. The number of benzene rings is 2. The van der Waals surface area contributed by atoms with Crippen molar-refractivity contribution >= 4 is 22.5 Å². The first kappa shape index (κ1) is 21.5. The fourth-order valence-electron chi connectivity index (χ4n) is 7.28. The Balaban J connectivity index is 1.17. The molecule has 4 unspecified atom stereocenters. The van der Waals surface area contributed by atoms with Crippen LogP contribution in [0.3, 0.4) is 0 Å². The van der Waals surface area contributed by atoms with Crippen LogP contribution >= 0.6 is 0 Å². The molecule has 0 bridgehead atoms. The number of carbonyl (C=O) groups excluding carboxylic acids is 1. The Morgan fingerprint density at radius 2 is 2.06 bits per heavy atom. The predicted molar refractivity (Wildman–Crippen MR) is 135 cm³/mol. The highest BCUT2D eigenvalue weighted by Gasteiger charge is 2.53. The van der Waals surface area contributed by atoms with Crippen molar-refractivity contribution in [2.75, 3.05) is 7.11 Å². The molecule has 1 amide bonds. The fraction of sp³-hybridized carbons (Fsp3) is 0.448. The second-order valence-electron chi connectivity index (χ2n) is 10.6. The number of nitrogens with one attached hydrogen (secondary N) is 2. The number of para-hydroxylation sites is 1. The molecular weight excluding hydrogens is 422 g/mol. The summed E-state index contributed by atoms with van der Waals surface area (Å²) in [5.41, 5.74) is 9.29. The third kappa shape index (κ3) is 3.44. The molecule has 4 atom stereocenters. The molecule has 34 heavy (non-hydrogen) atoms. The van der Waals surface area contributed by atoms with Crippen LogP contribution in [0.15, 0.2) is 53.8 Å². The summed E-state index contributed by atoms with van der Waals surface area (Å²) >= 11 is 0. The number of aryl methyl sites for hydroxylation is 1. The maximum Gasteiger partial charge on any atom is 0.244 e. The first-order valence-corrected chi connectivity index (χ1v) is 12.6. The Hall–Kier alpha value is -3.08. The number of aromatic amines is 1. The van der Waals surface area contributed by atoms with Gasteiger partial charge in [-0.3, -0.25) is 4.79 Å². The van der Waals surface area contributed by atoms with Crippen LogP contribution in [0.1, 0.15) is 61.6 Å². The van der Waals surface area contributed by atoms with E-state index in [4.69, 9.17) is 9.84 Å². The molecule has 3 aliphatic rings. The van der Waals surface area contributed by atoms with Crippen LogP contribution in [0.4, 0.5) is 0 Å². The lowest BCUT2D eigenvalue weighted by molar-refractivity contribution is -0.120. The summed E-state index contributed by atoms with van der Waals surface area (Å²) in [6, 6.07) is 14.8. The minimum atomic E-state index is -0.0430. The van der Waals surface area contributed by atoms with Gasteiger partial charge in [0.25, 0.3) is 0 Å². The monoisotopic (exact) mass is 455 g/mol. The molecule has 0 radical (unpaired) electrons. The molecular formula is C29H33N3O2. The number of hydrazone groups is 1. The molecule has 2 aromatic carbocycles. The maximum atomic E-state index is 12.8. The van der Waals surface area contributed by atoms with Crippen LogP contribution in [0.25, 0.3) is 10.9 Å². The van der Waals surface area contributed by atoms with E-state index in [9.17, 15) is 4.79 Å². The molecule has 3 aliphatic carbocycles. The molecule has 176 valence electrons. The van der Waals surface area contributed by atoms with E-state index >= 15 is 0 Å². The summed E-state index contributed by atoms with van der Waals surface area (Å²) in [6.07, 6.45) is 9.15. The Morgan fingerprint density at radius 3 is 2.94 bits per heavy atom. The third-order valence-corrected chi connectivity index (χ3v) is 9.02. The van der Waals surface area contributed by atoms with Crippen LogP contribution < -0.4 is 10.2 Å². The summed E-state index contributed by atoms with van der Waals surface area (Å²) in [6.45, 7) is 2.40. The average molecular weight is 456 g/mol. The number of carbonyl (C=O) groups is 1. The smallest absolute Gasteiger partial charge is 0.244 e. The number of rotatable bonds is 4. The minimum Gasteiger partial charge on any atom is -0.497 e. The zero-order chi connectivity index (χ0) is 23.3. The summed E-state index contributed by atoms with van der Waals surface area (Å²) in [5.74, 6) is 2.92. The Labute approximate surface area is 201 Å². The van der Waals surface area contributed by atoms with Gasteiger partial charge in [-0.1, -0.05) is 31.2 Å². The van der Waals surface area contributed by atoms with E-state index in [0.29, 0.717) is 24.2 Å². The van der Waals surface area contributed by atoms with Gasteiger partial charge in [0.05, 0.1) is 13.5 Å². The highest BCUT2D eigenvalue weighted by atomic mass is 16.5. The zero-order valence-corrected chi connectivity index (χ0v) is 20.1. The van der Waals surface area contributed by atoms with E-state index in [1.807, 2.05) is 24.4 Å². The van der Waals surface area contributed by atoms with Crippen molar-refractivity contribution in [3.8, 4) is 5.75 Å². The number of amides is 1. The number of nitrogens with zero attached hydrogens (tertiary/aromatic N) is 1. The standard InChI is InChI=1S/C29H33N3O2/c1-29-14-13-23-21-10-8-20(34-2)15-18(21)7-9-24(23)25(29)11-12-27(29)31-32-28(33)16-19-17-30-26-6-4-3-5-22(19)26/h3-6,8,10,15,17,23-25,30H,7,9,11-14,16H2,1-2H3,(H,32,33)/b31-27+. The zero-order valence-electron chi connectivity index (χ0n) is 20.1. The lowest BCUT2D eigenvalue weighted by atomic mass is 9.55. The van der Waals surface area contributed by atoms with Crippen LogP contribution in [-0.4, -0.2) is 23.7 Å². The Kier molecular flexibility index (Phi) is 5.23. The number of hydrogen-bond acceptors (Lipinski definition) is 3. The summed E-state index contributed by atoms with van der Waals surface area (Å²) < 4.78 is 5.46. The van der Waals surface area contributed by atoms with Crippen molar-refractivity contribution < 1.29 is 9.53 Å². The van der Waals surface area contributed by atoms with Gasteiger partial charge in [-0.2, -0.15) is 5.10 Å². The number of hydrogen-bond donors (Lipinski definition) is 2. The number of ether oxygens (including phenoxy) is 1. The van der Waals surface area contributed by atoms with Gasteiger partial charge < -0.3 is 9.72 Å².